The van der Waals surface area contributed by atoms with Gasteiger partial charge in [-0.2, -0.15) is 0 Å². The average Bonchev–Trinajstić information content (AvgIpc) is 2.19. The summed E-state index contributed by atoms with van der Waals surface area (Å²) in [6, 6.07) is 0. The Morgan fingerprint density at radius 2 is 1.85 bits per heavy atom. The van der Waals surface area contributed by atoms with Crippen LogP contribution in [0, 0.1) is 0 Å². The van der Waals surface area contributed by atoms with E-state index < -0.39 is 0 Å². The molecule has 0 aliphatic carbocycles. The van der Waals surface area contributed by atoms with E-state index in [1.807, 2.05) is 0 Å². The molecule has 0 saturated carbocycles. The highest BCUT2D eigenvalue weighted by atomic mass is 16.2. The van der Waals surface area contributed by atoms with E-state index in [1.165, 1.54) is 6.42 Å². The van der Waals surface area contributed by atoms with Crippen molar-refractivity contribution in [3.63, 3.8) is 0 Å². The van der Waals surface area contributed by atoms with Crippen LogP contribution in [0.1, 0.15) is 25.7 Å². The van der Waals surface area contributed by atoms with E-state index >= 15 is 0 Å². The Hall–Kier alpha value is -1.06. The fourth-order valence-corrected chi connectivity index (χ4v) is 1.48. The number of hydrogen-bond acceptors (Lipinski definition) is 2. The van der Waals surface area contributed by atoms with Crippen LogP contribution in [-0.2, 0) is 9.59 Å². The van der Waals surface area contributed by atoms with Gasteiger partial charge in [-0.25, -0.2) is 0 Å². The second-order valence-corrected chi connectivity index (χ2v) is 3.29. The van der Waals surface area contributed by atoms with Crippen molar-refractivity contribution in [3.05, 3.63) is 0 Å². The molecule has 0 aromatic carbocycles. The second-order valence-electron chi connectivity index (χ2n) is 3.29. The molecular formula is C9H16N2O2. The van der Waals surface area contributed by atoms with E-state index in [9.17, 15) is 9.59 Å². The van der Waals surface area contributed by atoms with Crippen LogP contribution in [-0.4, -0.2) is 36.9 Å². The van der Waals surface area contributed by atoms with Gasteiger partial charge in [0.05, 0.1) is 0 Å². The Kier molecular flexibility index (Phi) is 3.73. The smallest absolute Gasteiger partial charge is 0.232 e. The van der Waals surface area contributed by atoms with Crippen LogP contribution < -0.4 is 5.32 Å². The number of nitrogens with zero attached hydrogens (tertiary/aromatic N) is 1. The molecule has 1 fully saturated rings. The minimum atomic E-state index is -0.199. The highest BCUT2D eigenvalue weighted by Gasteiger charge is 2.18. The Labute approximate surface area is 78.3 Å². The van der Waals surface area contributed by atoms with Crippen LogP contribution in [0.4, 0.5) is 0 Å². The van der Waals surface area contributed by atoms with Gasteiger partial charge in [-0.05, 0) is 19.3 Å². The van der Waals surface area contributed by atoms with Gasteiger partial charge in [-0.15, -0.1) is 0 Å². The van der Waals surface area contributed by atoms with Gasteiger partial charge in [0, 0.05) is 20.1 Å². The first-order valence-corrected chi connectivity index (χ1v) is 4.72. The monoisotopic (exact) mass is 184 g/mol. The largest absolute Gasteiger partial charge is 0.359 e. The van der Waals surface area contributed by atoms with Gasteiger partial charge >= 0.3 is 0 Å². The third-order valence-electron chi connectivity index (χ3n) is 2.30. The molecule has 0 aromatic heterocycles. The van der Waals surface area contributed by atoms with E-state index in [4.69, 9.17) is 0 Å². The van der Waals surface area contributed by atoms with Gasteiger partial charge < -0.3 is 10.2 Å². The molecule has 0 spiro atoms. The molecule has 0 unspecified atom stereocenters. The molecule has 0 atom stereocenters. The van der Waals surface area contributed by atoms with Gasteiger partial charge in [0.1, 0.15) is 6.42 Å². The standard InChI is InChI=1S/C9H16N2O2/c1-10-8(12)7-9(13)11-5-3-2-4-6-11/h2-7H2,1H3,(H,10,12). The van der Waals surface area contributed by atoms with E-state index in [-0.39, 0.29) is 18.2 Å². The molecule has 13 heavy (non-hydrogen) atoms. The second kappa shape index (κ2) is 4.84. The summed E-state index contributed by atoms with van der Waals surface area (Å²) in [7, 11) is 1.55. The lowest BCUT2D eigenvalue weighted by molar-refractivity contribution is -0.136. The van der Waals surface area contributed by atoms with Crippen molar-refractivity contribution in [2.45, 2.75) is 25.7 Å². The minimum absolute atomic E-state index is 0.00347. The fourth-order valence-electron chi connectivity index (χ4n) is 1.48. The lowest BCUT2D eigenvalue weighted by atomic mass is 10.1. The zero-order valence-electron chi connectivity index (χ0n) is 8.01. The summed E-state index contributed by atoms with van der Waals surface area (Å²) in [6.45, 7) is 1.63. The van der Waals surface area contributed by atoms with Gasteiger partial charge in [-0.3, -0.25) is 9.59 Å². The number of carbonyl (C=O) groups excluding carboxylic acids is 2. The average molecular weight is 184 g/mol. The fraction of sp³-hybridized carbons (Fsp3) is 0.778. The van der Waals surface area contributed by atoms with Crippen LogP contribution in [0.25, 0.3) is 0 Å². The van der Waals surface area contributed by atoms with E-state index in [1.54, 1.807) is 11.9 Å². The molecule has 4 nitrogen and oxygen atoms in total. The first kappa shape index (κ1) is 10.0. The summed E-state index contributed by atoms with van der Waals surface area (Å²) in [5.41, 5.74) is 0. The van der Waals surface area contributed by atoms with Crippen molar-refractivity contribution >= 4 is 11.8 Å². The van der Waals surface area contributed by atoms with Crippen molar-refractivity contribution in [1.82, 2.24) is 10.2 Å². The molecular weight excluding hydrogens is 168 g/mol. The number of rotatable bonds is 2. The Morgan fingerprint density at radius 1 is 1.23 bits per heavy atom. The van der Waals surface area contributed by atoms with E-state index in [0.29, 0.717) is 0 Å². The van der Waals surface area contributed by atoms with Crippen LogP contribution in [0.15, 0.2) is 0 Å². The summed E-state index contributed by atoms with van der Waals surface area (Å²) in [5.74, 6) is -0.241. The maximum Gasteiger partial charge on any atom is 0.232 e. The number of likely N-dealkylation sites (tertiary alicyclic amines) is 1. The highest BCUT2D eigenvalue weighted by Crippen LogP contribution is 2.09. The molecule has 4 heteroatoms. The predicted molar refractivity (Wildman–Crippen MR) is 49.1 cm³/mol. The van der Waals surface area contributed by atoms with Crippen molar-refractivity contribution in [2.75, 3.05) is 20.1 Å². The summed E-state index contributed by atoms with van der Waals surface area (Å²) in [5, 5.41) is 2.45. The van der Waals surface area contributed by atoms with Gasteiger partial charge in [0.15, 0.2) is 0 Å². The molecule has 1 aliphatic heterocycles. The van der Waals surface area contributed by atoms with Crippen molar-refractivity contribution in [2.24, 2.45) is 0 Å². The molecule has 2 amide bonds. The topological polar surface area (TPSA) is 49.4 Å². The van der Waals surface area contributed by atoms with Crippen LogP contribution in [0.3, 0.4) is 0 Å². The third-order valence-corrected chi connectivity index (χ3v) is 2.30. The number of hydrogen-bond donors (Lipinski definition) is 1. The van der Waals surface area contributed by atoms with Gasteiger partial charge in [0.2, 0.25) is 11.8 Å². The SMILES string of the molecule is CNC(=O)CC(=O)N1CCCCC1. The van der Waals surface area contributed by atoms with Crippen molar-refractivity contribution in [3.8, 4) is 0 Å². The molecule has 1 N–H and O–H groups in total. The molecule has 1 heterocycles. The van der Waals surface area contributed by atoms with Gasteiger partial charge in [-0.1, -0.05) is 0 Å². The molecule has 0 radical (unpaired) electrons. The van der Waals surface area contributed by atoms with Crippen molar-refractivity contribution in [1.29, 1.82) is 0 Å². The molecule has 0 bridgehead atoms. The van der Waals surface area contributed by atoms with Crippen LogP contribution in [0.5, 0.6) is 0 Å². The lowest BCUT2D eigenvalue weighted by Gasteiger charge is -2.26. The quantitative estimate of drug-likeness (QED) is 0.620. The summed E-state index contributed by atoms with van der Waals surface area (Å²) in [6.07, 6.45) is 3.33. The molecule has 0 aromatic rings. The first-order chi connectivity index (χ1) is 6.24. The van der Waals surface area contributed by atoms with E-state index in [2.05, 4.69) is 5.32 Å². The maximum atomic E-state index is 11.4. The predicted octanol–water partition coefficient (Wildman–Crippen LogP) is 0.135. The Bertz CT molecular complexity index is 198. The minimum Gasteiger partial charge on any atom is -0.359 e. The van der Waals surface area contributed by atoms with Crippen LogP contribution in [0.2, 0.25) is 0 Å². The van der Waals surface area contributed by atoms with Crippen LogP contribution >= 0.6 is 0 Å². The zero-order valence-corrected chi connectivity index (χ0v) is 8.01. The molecule has 1 rings (SSSR count). The maximum absolute atomic E-state index is 11.4. The van der Waals surface area contributed by atoms with Gasteiger partial charge in [0.25, 0.3) is 0 Å². The normalized spacial score (nSPS) is 16.8. The van der Waals surface area contributed by atoms with Crippen molar-refractivity contribution < 1.29 is 9.59 Å². The Balaban J connectivity index is 2.33. The number of carbonyl (C=O) groups is 2. The summed E-state index contributed by atoms with van der Waals surface area (Å²) >= 11 is 0. The first-order valence-electron chi connectivity index (χ1n) is 4.72. The third kappa shape index (κ3) is 3.05. The highest BCUT2D eigenvalue weighted by molar-refractivity contribution is 5.96. The number of nitrogens with one attached hydrogen (secondary N) is 1. The number of amides is 2. The summed E-state index contributed by atoms with van der Waals surface area (Å²) in [4.78, 5) is 24.1. The Morgan fingerprint density at radius 3 is 2.38 bits per heavy atom. The lowest BCUT2D eigenvalue weighted by Crippen LogP contribution is -2.38. The zero-order chi connectivity index (χ0) is 9.68. The number of piperidine rings is 1. The summed E-state index contributed by atoms with van der Waals surface area (Å²) < 4.78 is 0. The molecule has 74 valence electrons. The molecule has 1 saturated heterocycles. The molecule has 1 aliphatic rings. The van der Waals surface area contributed by atoms with E-state index in [0.717, 1.165) is 25.9 Å².